The van der Waals surface area contributed by atoms with Gasteiger partial charge in [0.2, 0.25) is 0 Å². The molecule has 0 aliphatic carbocycles. The van der Waals surface area contributed by atoms with Crippen molar-refractivity contribution >= 4 is 150 Å². The van der Waals surface area contributed by atoms with E-state index in [1.54, 1.807) is 0 Å². The fourth-order valence-electron chi connectivity index (χ4n) is 10.8. The van der Waals surface area contributed by atoms with Gasteiger partial charge in [0, 0.05) is 51.1 Å². The molecule has 15 rings (SSSR count). The number of benzene rings is 12. The lowest BCUT2D eigenvalue weighted by atomic mass is 9.90. The lowest BCUT2D eigenvalue weighted by molar-refractivity contribution is 0.670. The average Bonchev–Trinajstić information content (AvgIpc) is 4.03. The van der Waals surface area contributed by atoms with Gasteiger partial charge in [-0.25, -0.2) is 0 Å². The highest BCUT2D eigenvalue weighted by molar-refractivity contribution is 7.26. The number of fused-ring (bicyclic) bond motifs is 21. The van der Waals surface area contributed by atoms with E-state index in [2.05, 4.69) is 194 Å². The second-order valence-corrected chi connectivity index (χ2v) is 19.3. The molecule has 0 unspecified atom stereocenters. The molecule has 0 N–H and O–H groups in total. The van der Waals surface area contributed by atoms with Crippen molar-refractivity contribution in [3.8, 4) is 22.3 Å². The zero-order chi connectivity index (χ0) is 40.9. The van der Waals surface area contributed by atoms with Crippen molar-refractivity contribution in [1.82, 2.24) is 0 Å². The van der Waals surface area contributed by atoms with E-state index in [0.29, 0.717) is 0 Å². The molecule has 3 heterocycles. The number of thiophene rings is 2. The van der Waals surface area contributed by atoms with Crippen molar-refractivity contribution in [1.29, 1.82) is 0 Å². The minimum atomic E-state index is 0.912. The first kappa shape index (κ1) is 34.1. The fourth-order valence-corrected chi connectivity index (χ4v) is 13.0. The van der Waals surface area contributed by atoms with Crippen molar-refractivity contribution < 1.29 is 4.42 Å². The van der Waals surface area contributed by atoms with Gasteiger partial charge in [-0.2, -0.15) is 0 Å². The zero-order valence-corrected chi connectivity index (χ0v) is 35.3. The molecule has 0 bridgehead atoms. The molecule has 0 saturated heterocycles. The van der Waals surface area contributed by atoms with Gasteiger partial charge in [-0.1, -0.05) is 121 Å². The minimum absolute atomic E-state index is 0.912. The Morgan fingerprint density at radius 1 is 0.206 bits per heavy atom. The van der Waals surface area contributed by atoms with Gasteiger partial charge in [-0.05, 0) is 160 Å². The molecule has 0 atom stereocenters. The van der Waals surface area contributed by atoms with Crippen LogP contribution in [-0.2, 0) is 0 Å². The standard InChI is InChI=1S/C60H32OS2/c1-3-11-39-37(9-1)45-25-33(35-19-23-59-53(27-35)43-13-5-7-15-57(43)62-59)17-21-41(45)49-31-55-51(29-47(39)49)52-30-48-40-12-4-2-10-38(40)46-26-34(18-22-42(46)50(48)32-56(52)61-55)36-20-24-60-54(28-36)44-14-6-8-16-58(44)63-60/h1-32H. The molecule has 3 aromatic heterocycles. The third kappa shape index (κ3) is 4.81. The van der Waals surface area contributed by atoms with E-state index in [0.717, 1.165) is 21.9 Å². The number of hydrogen-bond acceptors (Lipinski definition) is 3. The summed E-state index contributed by atoms with van der Waals surface area (Å²) in [6, 6.07) is 72.6. The molecular weight excluding hydrogens is 801 g/mol. The molecule has 0 amide bonds. The highest BCUT2D eigenvalue weighted by atomic mass is 32.1. The Hall–Kier alpha value is -7.56. The Bertz CT molecular complexity index is 4220. The summed E-state index contributed by atoms with van der Waals surface area (Å²) >= 11 is 3.73. The van der Waals surface area contributed by atoms with Gasteiger partial charge in [-0.15, -0.1) is 22.7 Å². The summed E-state index contributed by atoms with van der Waals surface area (Å²) in [6.45, 7) is 0. The molecule has 0 saturated carbocycles. The Labute approximate surface area is 368 Å². The van der Waals surface area contributed by atoms with Crippen LogP contribution in [0.2, 0.25) is 0 Å². The first-order chi connectivity index (χ1) is 31.2. The number of furan rings is 1. The quantitative estimate of drug-likeness (QED) is 0.158. The monoisotopic (exact) mass is 832 g/mol. The van der Waals surface area contributed by atoms with Crippen molar-refractivity contribution in [3.05, 3.63) is 194 Å². The van der Waals surface area contributed by atoms with Crippen LogP contribution in [0.3, 0.4) is 0 Å². The normalized spacial score (nSPS) is 12.4. The summed E-state index contributed by atoms with van der Waals surface area (Å²) in [7, 11) is 0. The molecule has 3 heteroatoms. The van der Waals surface area contributed by atoms with Crippen LogP contribution in [0, 0.1) is 0 Å². The second kappa shape index (κ2) is 12.5. The van der Waals surface area contributed by atoms with Crippen LogP contribution in [0.15, 0.2) is 199 Å². The van der Waals surface area contributed by atoms with Gasteiger partial charge in [-0.3, -0.25) is 0 Å². The summed E-state index contributed by atoms with van der Waals surface area (Å²) in [5.74, 6) is 0. The van der Waals surface area contributed by atoms with E-state index in [1.165, 1.54) is 127 Å². The predicted molar refractivity (Wildman–Crippen MR) is 275 cm³/mol. The van der Waals surface area contributed by atoms with E-state index in [4.69, 9.17) is 4.42 Å². The van der Waals surface area contributed by atoms with Crippen molar-refractivity contribution in [2.24, 2.45) is 0 Å². The molecule has 0 radical (unpaired) electrons. The van der Waals surface area contributed by atoms with Crippen molar-refractivity contribution in [2.75, 3.05) is 0 Å². The molecule has 12 aromatic carbocycles. The van der Waals surface area contributed by atoms with Gasteiger partial charge in [0.15, 0.2) is 0 Å². The van der Waals surface area contributed by atoms with Crippen molar-refractivity contribution in [3.63, 3.8) is 0 Å². The van der Waals surface area contributed by atoms with E-state index in [9.17, 15) is 0 Å². The van der Waals surface area contributed by atoms with Crippen LogP contribution in [0.25, 0.3) is 149 Å². The van der Waals surface area contributed by atoms with Crippen LogP contribution >= 0.6 is 22.7 Å². The summed E-state index contributed by atoms with van der Waals surface area (Å²) in [4.78, 5) is 0. The topological polar surface area (TPSA) is 13.1 Å². The van der Waals surface area contributed by atoms with Gasteiger partial charge in [0.1, 0.15) is 11.2 Å². The zero-order valence-electron chi connectivity index (χ0n) is 33.7. The van der Waals surface area contributed by atoms with Gasteiger partial charge in [0.25, 0.3) is 0 Å². The highest BCUT2D eigenvalue weighted by Crippen LogP contribution is 2.45. The average molecular weight is 833 g/mol. The van der Waals surface area contributed by atoms with Crippen LogP contribution in [0.4, 0.5) is 0 Å². The van der Waals surface area contributed by atoms with E-state index < -0.39 is 0 Å². The molecular formula is C60H32OS2. The number of rotatable bonds is 2. The van der Waals surface area contributed by atoms with Crippen molar-refractivity contribution in [2.45, 2.75) is 0 Å². The maximum Gasteiger partial charge on any atom is 0.136 e. The maximum atomic E-state index is 6.92. The molecule has 15 aromatic rings. The van der Waals surface area contributed by atoms with Crippen LogP contribution < -0.4 is 0 Å². The Kier molecular flexibility index (Phi) is 6.77. The third-order valence-electron chi connectivity index (χ3n) is 13.8. The Morgan fingerprint density at radius 2 is 0.508 bits per heavy atom. The lowest BCUT2D eigenvalue weighted by Gasteiger charge is -2.13. The van der Waals surface area contributed by atoms with Gasteiger partial charge < -0.3 is 4.42 Å². The molecule has 0 spiro atoms. The summed E-state index contributed by atoms with van der Waals surface area (Å²) in [5.41, 5.74) is 6.75. The van der Waals surface area contributed by atoms with Gasteiger partial charge in [0.05, 0.1) is 0 Å². The third-order valence-corrected chi connectivity index (χ3v) is 16.1. The molecule has 0 aliphatic heterocycles. The Balaban J connectivity index is 0.931. The van der Waals surface area contributed by atoms with Crippen LogP contribution in [0.1, 0.15) is 0 Å². The lowest BCUT2D eigenvalue weighted by Crippen LogP contribution is -1.86. The smallest absolute Gasteiger partial charge is 0.136 e. The SMILES string of the molecule is c1ccc2c(c1)sc1ccc(-c3ccc4c(c3)c3ccccc3c3cc5c(cc43)oc3cc4c6ccc(-c7ccc8sc9ccccc9c8c7)cc6c6ccccc6c4cc35)cc12. The Morgan fingerprint density at radius 3 is 0.937 bits per heavy atom. The predicted octanol–water partition coefficient (Wildman–Crippen LogP) is 18.6. The molecule has 63 heavy (non-hydrogen) atoms. The van der Waals surface area contributed by atoms with Gasteiger partial charge >= 0.3 is 0 Å². The minimum Gasteiger partial charge on any atom is -0.456 e. The molecule has 0 aliphatic rings. The largest absolute Gasteiger partial charge is 0.456 e. The summed E-state index contributed by atoms with van der Waals surface area (Å²) in [5, 5.41) is 22.5. The summed E-state index contributed by atoms with van der Waals surface area (Å²) in [6.07, 6.45) is 0. The molecule has 1 nitrogen and oxygen atoms in total. The van der Waals surface area contributed by atoms with E-state index in [1.807, 2.05) is 22.7 Å². The van der Waals surface area contributed by atoms with E-state index in [-0.39, 0.29) is 0 Å². The maximum absolute atomic E-state index is 6.92. The number of hydrogen-bond donors (Lipinski definition) is 0. The van der Waals surface area contributed by atoms with E-state index >= 15 is 0 Å². The first-order valence-corrected chi connectivity index (χ1v) is 23.2. The summed E-state index contributed by atoms with van der Waals surface area (Å²) < 4.78 is 12.2. The highest BCUT2D eigenvalue weighted by Gasteiger charge is 2.18. The molecule has 0 fully saturated rings. The fraction of sp³-hybridized carbons (Fsp3) is 0. The molecule has 290 valence electrons. The van der Waals surface area contributed by atoms with Crippen LogP contribution in [-0.4, -0.2) is 0 Å². The van der Waals surface area contributed by atoms with Crippen LogP contribution in [0.5, 0.6) is 0 Å². The first-order valence-electron chi connectivity index (χ1n) is 21.5. The second-order valence-electron chi connectivity index (χ2n) is 17.1.